The summed E-state index contributed by atoms with van der Waals surface area (Å²) in [6.07, 6.45) is 0.712. The lowest BCUT2D eigenvalue weighted by molar-refractivity contribution is -0.146. The normalized spacial score (nSPS) is 24.3. The molecule has 3 aromatic carbocycles. The number of carbonyl (C=O) groups is 2. The Hall–Kier alpha value is -2.82. The van der Waals surface area contributed by atoms with Gasteiger partial charge in [-0.1, -0.05) is 53.2 Å². The largest absolute Gasteiger partial charge is 0.432 e. The van der Waals surface area contributed by atoms with E-state index in [-0.39, 0.29) is 30.5 Å². The molecule has 39 heavy (non-hydrogen) atoms. The maximum atomic E-state index is 14.4. The van der Waals surface area contributed by atoms with Gasteiger partial charge in [0.25, 0.3) is 5.91 Å². The standard InChI is InChI=1S/C30H33BrN2O5Si/c1-20-28(39(2,3)37)27(14-15-34)38-30(20)25-17-22(31)12-13-26(25)32(29(30)36)18-21-8-7-11-24(16-21)33(19-35)23-9-5-4-6-10-23/h4-13,16-17,19-20,27-28,34,37H,14-15,18H2,1-3H3/t20-,27+,28-,30+/m1/s1. The van der Waals surface area contributed by atoms with Crippen molar-refractivity contribution in [1.82, 2.24) is 0 Å². The fraction of sp³-hybridized carbons (Fsp3) is 0.333. The number of anilines is 3. The number of hydrogen-bond donors (Lipinski definition) is 2. The number of carbonyl (C=O) groups excluding carboxylic acids is 2. The first-order valence-corrected chi connectivity index (χ1v) is 16.9. The number of hydrogen-bond acceptors (Lipinski definition) is 5. The van der Waals surface area contributed by atoms with Crippen LogP contribution in [0, 0.1) is 5.92 Å². The fourth-order valence-corrected chi connectivity index (χ4v) is 9.41. The van der Waals surface area contributed by atoms with Gasteiger partial charge in [-0.15, -0.1) is 0 Å². The third-order valence-corrected chi connectivity index (χ3v) is 11.0. The van der Waals surface area contributed by atoms with E-state index >= 15 is 0 Å². The van der Waals surface area contributed by atoms with Gasteiger partial charge in [-0.25, -0.2) is 0 Å². The van der Waals surface area contributed by atoms with Crippen molar-refractivity contribution in [2.75, 3.05) is 16.4 Å². The van der Waals surface area contributed by atoms with Gasteiger partial charge in [-0.2, -0.15) is 0 Å². The maximum Gasteiger partial charge on any atom is 0.264 e. The van der Waals surface area contributed by atoms with Crippen LogP contribution in [-0.4, -0.2) is 43.2 Å². The van der Waals surface area contributed by atoms with E-state index in [4.69, 9.17) is 4.74 Å². The first kappa shape index (κ1) is 27.7. The number of fused-ring (bicyclic) bond motifs is 2. The molecule has 0 unspecified atom stereocenters. The van der Waals surface area contributed by atoms with Crippen molar-refractivity contribution in [3.8, 4) is 0 Å². The van der Waals surface area contributed by atoms with Crippen LogP contribution < -0.4 is 9.80 Å². The zero-order valence-electron chi connectivity index (χ0n) is 22.3. The van der Waals surface area contributed by atoms with Crippen molar-refractivity contribution >= 4 is 53.6 Å². The molecule has 1 saturated heterocycles. The van der Waals surface area contributed by atoms with Crippen LogP contribution in [0.15, 0.2) is 77.3 Å². The van der Waals surface area contributed by atoms with Crippen LogP contribution in [0.3, 0.4) is 0 Å². The van der Waals surface area contributed by atoms with Gasteiger partial charge in [-0.3, -0.25) is 14.5 Å². The number of amides is 2. The Labute approximate surface area is 238 Å². The van der Waals surface area contributed by atoms with E-state index in [1.807, 2.05) is 92.8 Å². The SMILES string of the molecule is C[C@@H]1[C@@H]([Si](C)(C)O)[C@H](CCO)O[C@@]12C(=O)N(Cc1cccc(N(C=O)c3ccccc3)c1)c1ccc(Br)cc12. The van der Waals surface area contributed by atoms with E-state index in [0.29, 0.717) is 12.1 Å². The first-order valence-electron chi connectivity index (χ1n) is 13.1. The molecule has 0 bridgehead atoms. The molecule has 4 atom stereocenters. The Morgan fingerprint density at radius 3 is 2.46 bits per heavy atom. The maximum absolute atomic E-state index is 14.4. The van der Waals surface area contributed by atoms with Gasteiger partial charge in [0.15, 0.2) is 13.9 Å². The predicted octanol–water partition coefficient (Wildman–Crippen LogP) is 5.47. The smallest absolute Gasteiger partial charge is 0.264 e. The van der Waals surface area contributed by atoms with Gasteiger partial charge in [-0.05, 0) is 67.5 Å². The van der Waals surface area contributed by atoms with Crippen molar-refractivity contribution < 1.29 is 24.2 Å². The van der Waals surface area contributed by atoms with E-state index in [9.17, 15) is 19.5 Å². The van der Waals surface area contributed by atoms with Gasteiger partial charge in [0.1, 0.15) is 0 Å². The number of halogens is 1. The lowest BCUT2D eigenvalue weighted by atomic mass is 9.82. The van der Waals surface area contributed by atoms with Crippen LogP contribution in [0.1, 0.15) is 24.5 Å². The molecule has 2 amide bonds. The Bertz CT molecular complexity index is 1380. The quantitative estimate of drug-likeness (QED) is 0.261. The number of aliphatic hydroxyl groups excluding tert-OH is 1. The molecule has 9 heteroatoms. The minimum atomic E-state index is -2.76. The molecule has 7 nitrogen and oxygen atoms in total. The van der Waals surface area contributed by atoms with Crippen molar-refractivity contribution in [2.45, 2.75) is 50.2 Å². The summed E-state index contributed by atoms with van der Waals surface area (Å²) >= 11 is 3.57. The second-order valence-electron chi connectivity index (χ2n) is 10.9. The molecule has 204 valence electrons. The molecule has 0 saturated carbocycles. The highest BCUT2D eigenvalue weighted by atomic mass is 79.9. The second kappa shape index (κ2) is 10.6. The summed E-state index contributed by atoms with van der Waals surface area (Å²) in [6, 6.07) is 22.8. The summed E-state index contributed by atoms with van der Waals surface area (Å²) < 4.78 is 7.48. The molecule has 5 rings (SSSR count). The summed E-state index contributed by atoms with van der Waals surface area (Å²) in [5.41, 5.74) is 2.36. The number of benzene rings is 3. The van der Waals surface area contributed by atoms with Crippen molar-refractivity contribution in [1.29, 1.82) is 0 Å². The second-order valence-corrected chi connectivity index (χ2v) is 15.8. The van der Waals surface area contributed by atoms with E-state index in [0.717, 1.165) is 33.4 Å². The minimum Gasteiger partial charge on any atom is -0.432 e. The van der Waals surface area contributed by atoms with E-state index < -0.39 is 20.0 Å². The molecular formula is C30H33BrN2O5Si. The Morgan fingerprint density at radius 1 is 1.08 bits per heavy atom. The molecule has 1 fully saturated rings. The Balaban J connectivity index is 1.54. The lowest BCUT2D eigenvalue weighted by Gasteiger charge is -2.32. The van der Waals surface area contributed by atoms with Gasteiger partial charge >= 0.3 is 0 Å². The topological polar surface area (TPSA) is 90.3 Å². The zero-order valence-corrected chi connectivity index (χ0v) is 24.8. The lowest BCUT2D eigenvalue weighted by Crippen LogP contribution is -2.46. The van der Waals surface area contributed by atoms with Crippen LogP contribution in [0.2, 0.25) is 18.6 Å². The molecule has 2 heterocycles. The number of nitrogens with zero attached hydrogens (tertiary/aromatic N) is 2. The van der Waals surface area contributed by atoms with Crippen LogP contribution in [0.25, 0.3) is 0 Å². The number of aliphatic hydroxyl groups is 1. The third-order valence-electron chi connectivity index (χ3n) is 8.03. The van der Waals surface area contributed by atoms with Crippen molar-refractivity contribution in [3.63, 3.8) is 0 Å². The van der Waals surface area contributed by atoms with E-state index in [2.05, 4.69) is 15.9 Å². The fourth-order valence-electron chi connectivity index (χ4n) is 6.45. The molecule has 2 aliphatic rings. The molecule has 2 N–H and O–H groups in total. The van der Waals surface area contributed by atoms with Crippen LogP contribution >= 0.6 is 15.9 Å². The van der Waals surface area contributed by atoms with Crippen LogP contribution in [0.5, 0.6) is 0 Å². The van der Waals surface area contributed by atoms with Crippen molar-refractivity contribution in [3.05, 3.63) is 88.4 Å². The van der Waals surface area contributed by atoms with Gasteiger partial charge in [0.2, 0.25) is 6.41 Å². The average Bonchev–Trinajstić information content (AvgIpc) is 3.32. The zero-order chi connectivity index (χ0) is 27.9. The highest BCUT2D eigenvalue weighted by Crippen LogP contribution is 2.60. The minimum absolute atomic E-state index is 0.0842. The van der Waals surface area contributed by atoms with E-state index in [1.54, 1.807) is 9.80 Å². The summed E-state index contributed by atoms with van der Waals surface area (Å²) in [5, 5.41) is 9.78. The predicted molar refractivity (Wildman–Crippen MR) is 157 cm³/mol. The summed E-state index contributed by atoms with van der Waals surface area (Å²) in [4.78, 5) is 41.0. The number of ether oxygens (including phenoxy) is 1. The Kier molecular flexibility index (Phi) is 7.56. The molecule has 3 aromatic rings. The monoisotopic (exact) mass is 608 g/mol. The number of para-hydroxylation sites is 1. The third kappa shape index (κ3) is 4.76. The molecule has 0 radical (unpaired) electrons. The van der Waals surface area contributed by atoms with Gasteiger partial charge < -0.3 is 19.5 Å². The number of rotatable bonds is 8. The highest BCUT2D eigenvalue weighted by Gasteiger charge is 2.66. The summed E-state index contributed by atoms with van der Waals surface area (Å²) in [7, 11) is -2.76. The van der Waals surface area contributed by atoms with E-state index in [1.165, 1.54) is 0 Å². The summed E-state index contributed by atoms with van der Waals surface area (Å²) in [6.45, 7) is 5.94. The average molecular weight is 610 g/mol. The Morgan fingerprint density at radius 2 is 1.79 bits per heavy atom. The van der Waals surface area contributed by atoms with Crippen molar-refractivity contribution in [2.24, 2.45) is 5.92 Å². The highest BCUT2D eigenvalue weighted by molar-refractivity contribution is 9.10. The van der Waals surface area contributed by atoms with Gasteiger partial charge in [0, 0.05) is 39.5 Å². The van der Waals surface area contributed by atoms with Gasteiger partial charge in [0.05, 0.1) is 18.3 Å². The molecule has 1 spiro atoms. The van der Waals surface area contributed by atoms with Crippen LogP contribution in [-0.2, 0) is 26.5 Å². The molecular weight excluding hydrogens is 576 g/mol. The van der Waals surface area contributed by atoms with Crippen LogP contribution in [0.4, 0.5) is 17.1 Å². The molecule has 0 aromatic heterocycles. The molecule has 2 aliphatic heterocycles. The molecule has 0 aliphatic carbocycles. The summed E-state index contributed by atoms with van der Waals surface area (Å²) in [5.74, 6) is -0.464. The first-order chi connectivity index (χ1) is 18.6.